The summed E-state index contributed by atoms with van der Waals surface area (Å²) in [6, 6.07) is 11.2. The summed E-state index contributed by atoms with van der Waals surface area (Å²) >= 11 is 0. The molecular formula is C16H13N3O6S. The maximum Gasteiger partial charge on any atom is 0.297 e. The molecule has 134 valence electrons. The summed E-state index contributed by atoms with van der Waals surface area (Å²) < 4.78 is 34.9. The Morgan fingerprint density at radius 2 is 1.92 bits per heavy atom. The van der Waals surface area contributed by atoms with E-state index in [9.17, 15) is 18.5 Å². The maximum atomic E-state index is 12.3. The van der Waals surface area contributed by atoms with Crippen molar-refractivity contribution >= 4 is 15.8 Å². The van der Waals surface area contributed by atoms with E-state index in [2.05, 4.69) is 10.1 Å². The molecule has 26 heavy (non-hydrogen) atoms. The number of pyridine rings is 1. The molecule has 0 bridgehead atoms. The molecule has 0 saturated heterocycles. The Balaban J connectivity index is 1.77. The lowest BCUT2D eigenvalue weighted by Crippen LogP contribution is -2.10. The van der Waals surface area contributed by atoms with E-state index in [-0.39, 0.29) is 16.3 Å². The summed E-state index contributed by atoms with van der Waals surface area (Å²) in [6.45, 7) is 1.50. The SMILES string of the molecule is C[C@@H](OS(=O)(=O)c1ccc([N+](=O)[O-])cc1)c1cc(-c2ccccn2)on1. The van der Waals surface area contributed by atoms with Crippen molar-refractivity contribution in [1.29, 1.82) is 0 Å². The van der Waals surface area contributed by atoms with Gasteiger partial charge in [0.15, 0.2) is 5.76 Å². The molecule has 0 aliphatic rings. The number of hydrogen-bond acceptors (Lipinski definition) is 8. The van der Waals surface area contributed by atoms with E-state index in [1.54, 1.807) is 30.5 Å². The van der Waals surface area contributed by atoms with Crippen molar-refractivity contribution in [2.24, 2.45) is 0 Å². The van der Waals surface area contributed by atoms with Gasteiger partial charge in [-0.15, -0.1) is 0 Å². The first-order valence-electron chi connectivity index (χ1n) is 7.42. The fourth-order valence-corrected chi connectivity index (χ4v) is 3.20. The van der Waals surface area contributed by atoms with E-state index < -0.39 is 21.1 Å². The topological polar surface area (TPSA) is 125 Å². The number of nitrogens with zero attached hydrogens (tertiary/aromatic N) is 3. The summed E-state index contributed by atoms with van der Waals surface area (Å²) in [6.07, 6.45) is 0.674. The quantitative estimate of drug-likeness (QED) is 0.365. The second kappa shape index (κ2) is 7.02. The Labute approximate surface area is 148 Å². The molecule has 2 aromatic heterocycles. The average molecular weight is 375 g/mol. The van der Waals surface area contributed by atoms with Gasteiger partial charge in [0.1, 0.15) is 17.5 Å². The van der Waals surface area contributed by atoms with Gasteiger partial charge in [-0.05, 0) is 31.2 Å². The number of nitro groups is 1. The molecule has 9 nitrogen and oxygen atoms in total. The fourth-order valence-electron chi connectivity index (χ4n) is 2.14. The minimum absolute atomic E-state index is 0.191. The Morgan fingerprint density at radius 1 is 1.19 bits per heavy atom. The molecule has 3 aromatic rings. The van der Waals surface area contributed by atoms with Crippen molar-refractivity contribution in [1.82, 2.24) is 10.1 Å². The van der Waals surface area contributed by atoms with E-state index in [1.807, 2.05) is 0 Å². The van der Waals surface area contributed by atoms with Gasteiger partial charge >= 0.3 is 0 Å². The second-order valence-electron chi connectivity index (χ2n) is 5.27. The molecule has 0 aliphatic heterocycles. The largest absolute Gasteiger partial charge is 0.354 e. The summed E-state index contributed by atoms with van der Waals surface area (Å²) in [4.78, 5) is 14.0. The van der Waals surface area contributed by atoms with Gasteiger partial charge < -0.3 is 4.52 Å². The lowest BCUT2D eigenvalue weighted by Gasteiger charge is -2.10. The van der Waals surface area contributed by atoms with Crippen LogP contribution in [-0.4, -0.2) is 23.5 Å². The lowest BCUT2D eigenvalue weighted by molar-refractivity contribution is -0.384. The van der Waals surface area contributed by atoms with E-state index >= 15 is 0 Å². The smallest absolute Gasteiger partial charge is 0.297 e. The summed E-state index contributed by atoms with van der Waals surface area (Å²) in [5, 5.41) is 14.5. The number of rotatable bonds is 6. The standard InChI is InChI=1S/C16H13N3O6S/c1-11(15-10-16(24-18-15)14-4-2-3-9-17-14)25-26(22,23)13-7-5-12(6-8-13)19(20)21/h2-11H,1H3/t11-/m1/s1. The van der Waals surface area contributed by atoms with Crippen molar-refractivity contribution in [3.63, 3.8) is 0 Å². The van der Waals surface area contributed by atoms with Crippen molar-refractivity contribution in [3.8, 4) is 11.5 Å². The zero-order valence-corrected chi connectivity index (χ0v) is 14.3. The van der Waals surface area contributed by atoms with Crippen LogP contribution >= 0.6 is 0 Å². The van der Waals surface area contributed by atoms with E-state index in [4.69, 9.17) is 8.71 Å². The number of hydrogen-bond donors (Lipinski definition) is 0. The van der Waals surface area contributed by atoms with Crippen molar-refractivity contribution in [2.45, 2.75) is 17.9 Å². The summed E-state index contributed by atoms with van der Waals surface area (Å²) in [5.41, 5.74) is 0.612. The molecule has 3 rings (SSSR count). The first-order chi connectivity index (χ1) is 12.4. The summed E-state index contributed by atoms with van der Waals surface area (Å²) in [5.74, 6) is 0.379. The van der Waals surface area contributed by atoms with Crippen LogP contribution in [0.4, 0.5) is 5.69 Å². The Kier molecular flexibility index (Phi) is 4.78. The third-order valence-corrected chi connectivity index (χ3v) is 4.86. The van der Waals surface area contributed by atoms with Crippen molar-refractivity contribution in [3.05, 3.63) is 70.5 Å². The van der Waals surface area contributed by atoms with Crippen LogP contribution in [0.25, 0.3) is 11.5 Å². The van der Waals surface area contributed by atoms with Crippen LogP contribution in [0.2, 0.25) is 0 Å². The van der Waals surface area contributed by atoms with Crippen LogP contribution in [0.15, 0.2) is 64.1 Å². The van der Waals surface area contributed by atoms with Gasteiger partial charge in [-0.1, -0.05) is 11.2 Å². The highest BCUT2D eigenvalue weighted by atomic mass is 32.2. The van der Waals surface area contributed by atoms with Crippen LogP contribution < -0.4 is 0 Å². The molecule has 0 saturated carbocycles. The van der Waals surface area contributed by atoms with E-state index in [0.29, 0.717) is 11.5 Å². The van der Waals surface area contributed by atoms with Gasteiger partial charge in [-0.2, -0.15) is 8.42 Å². The molecule has 0 amide bonds. The molecule has 0 fully saturated rings. The van der Waals surface area contributed by atoms with Gasteiger partial charge in [0, 0.05) is 24.4 Å². The normalized spacial score (nSPS) is 12.7. The molecule has 0 unspecified atom stereocenters. The van der Waals surface area contributed by atoms with Gasteiger partial charge in [-0.3, -0.25) is 19.3 Å². The molecule has 10 heteroatoms. The second-order valence-corrected chi connectivity index (χ2v) is 6.85. The minimum atomic E-state index is -4.13. The van der Waals surface area contributed by atoms with Crippen LogP contribution in [0, 0.1) is 10.1 Å². The van der Waals surface area contributed by atoms with Crippen LogP contribution in [0.5, 0.6) is 0 Å². The third-order valence-electron chi connectivity index (χ3n) is 3.47. The molecule has 0 N–H and O–H groups in total. The van der Waals surface area contributed by atoms with Crippen molar-refractivity contribution in [2.75, 3.05) is 0 Å². The Hall–Kier alpha value is -3.11. The highest BCUT2D eigenvalue weighted by Crippen LogP contribution is 2.27. The number of aromatic nitrogens is 2. The van der Waals surface area contributed by atoms with Crippen molar-refractivity contribution < 1.29 is 22.0 Å². The average Bonchev–Trinajstić information content (AvgIpc) is 3.12. The molecular weight excluding hydrogens is 362 g/mol. The molecule has 0 radical (unpaired) electrons. The highest BCUT2D eigenvalue weighted by molar-refractivity contribution is 7.86. The minimum Gasteiger partial charge on any atom is -0.354 e. The Bertz CT molecular complexity index is 1020. The summed E-state index contributed by atoms with van der Waals surface area (Å²) in [7, 11) is -4.13. The zero-order chi connectivity index (χ0) is 18.7. The monoisotopic (exact) mass is 375 g/mol. The number of benzene rings is 1. The first-order valence-corrected chi connectivity index (χ1v) is 8.83. The molecule has 0 aliphatic carbocycles. The fraction of sp³-hybridized carbons (Fsp3) is 0.125. The van der Waals surface area contributed by atoms with Gasteiger partial charge in [0.25, 0.3) is 15.8 Å². The molecule has 2 heterocycles. The van der Waals surface area contributed by atoms with Crippen LogP contribution in [0.3, 0.4) is 0 Å². The van der Waals surface area contributed by atoms with Gasteiger partial charge in [-0.25, -0.2) is 0 Å². The van der Waals surface area contributed by atoms with Gasteiger partial charge in [0.05, 0.1) is 9.82 Å². The van der Waals surface area contributed by atoms with Crippen LogP contribution in [-0.2, 0) is 14.3 Å². The molecule has 1 aromatic carbocycles. The predicted molar refractivity (Wildman–Crippen MR) is 89.5 cm³/mol. The van der Waals surface area contributed by atoms with Crippen LogP contribution in [0.1, 0.15) is 18.7 Å². The number of nitro benzene ring substituents is 1. The highest BCUT2D eigenvalue weighted by Gasteiger charge is 2.23. The Morgan fingerprint density at radius 3 is 2.54 bits per heavy atom. The van der Waals surface area contributed by atoms with Gasteiger partial charge in [0.2, 0.25) is 0 Å². The predicted octanol–water partition coefficient (Wildman–Crippen LogP) is 3.11. The zero-order valence-electron chi connectivity index (χ0n) is 13.5. The lowest BCUT2D eigenvalue weighted by atomic mass is 10.2. The first kappa shape index (κ1) is 17.7. The van der Waals surface area contributed by atoms with E-state index in [1.165, 1.54) is 6.92 Å². The van der Waals surface area contributed by atoms with E-state index in [0.717, 1.165) is 24.3 Å². The third kappa shape index (κ3) is 3.76. The molecule has 1 atom stereocenters. The maximum absolute atomic E-state index is 12.3. The number of non-ortho nitro benzene ring substituents is 1. The molecule has 0 spiro atoms.